The highest BCUT2D eigenvalue weighted by Crippen LogP contribution is 2.39. The SMILES string of the molecule is CCNCC1(O)CCN(C(CC)c2ccc(C(F)(F)F)cc2CN(Cc2cc(C(F)(F)F)cc(C(F)(F)F)c2)C2=NN(C)NN2F)CC1. The largest absolute Gasteiger partial charge is 0.416 e. The molecule has 2 aliphatic heterocycles. The summed E-state index contributed by atoms with van der Waals surface area (Å²) in [5, 5.41) is 18.7. The average molecular weight is 702 g/mol. The Morgan fingerprint density at radius 3 is 1.96 bits per heavy atom. The number of hydrazine groups is 2. The van der Waals surface area contributed by atoms with Gasteiger partial charge in [0.1, 0.15) is 0 Å². The summed E-state index contributed by atoms with van der Waals surface area (Å²) in [7, 11) is 1.26. The Hall–Kier alpha value is -3.35. The zero-order chi connectivity index (χ0) is 35.7. The third-order valence-electron chi connectivity index (χ3n) is 8.40. The van der Waals surface area contributed by atoms with Crippen LogP contribution in [0.1, 0.15) is 72.5 Å². The smallest absolute Gasteiger partial charge is 0.388 e. The number of likely N-dealkylation sites (N-methyl/N-ethyl adjacent to an activating group) is 1. The van der Waals surface area contributed by atoms with Crippen LogP contribution in [-0.4, -0.2) is 70.0 Å². The number of nitrogens with one attached hydrogen (secondary N) is 2. The first kappa shape index (κ1) is 37.5. The van der Waals surface area contributed by atoms with Crippen molar-refractivity contribution in [2.45, 2.75) is 76.4 Å². The van der Waals surface area contributed by atoms with E-state index in [9.17, 15) is 44.6 Å². The highest BCUT2D eigenvalue weighted by atomic mass is 19.4. The van der Waals surface area contributed by atoms with Crippen LogP contribution in [0.4, 0.5) is 44.0 Å². The van der Waals surface area contributed by atoms with Crippen LogP contribution in [-0.2, 0) is 31.6 Å². The molecule has 18 heteroatoms. The monoisotopic (exact) mass is 701 g/mol. The van der Waals surface area contributed by atoms with Crippen molar-refractivity contribution < 1.29 is 49.1 Å². The molecule has 2 aromatic carbocycles. The molecule has 3 N–H and O–H groups in total. The average Bonchev–Trinajstić information content (AvgIpc) is 3.33. The Balaban J connectivity index is 1.77. The van der Waals surface area contributed by atoms with Crippen LogP contribution in [0, 0.1) is 0 Å². The summed E-state index contributed by atoms with van der Waals surface area (Å²) < 4.78 is 139. The van der Waals surface area contributed by atoms with Crippen molar-refractivity contribution in [1.82, 2.24) is 31.0 Å². The van der Waals surface area contributed by atoms with Crippen LogP contribution >= 0.6 is 0 Å². The molecule has 1 unspecified atom stereocenters. The van der Waals surface area contributed by atoms with E-state index in [1.807, 2.05) is 18.7 Å². The molecule has 0 aromatic heterocycles. The molecule has 1 saturated heterocycles. The molecule has 4 rings (SSSR count). The minimum atomic E-state index is -5.16. The van der Waals surface area contributed by atoms with Crippen molar-refractivity contribution in [2.75, 3.05) is 33.2 Å². The van der Waals surface area contributed by atoms with E-state index in [0.717, 1.165) is 22.2 Å². The van der Waals surface area contributed by atoms with Gasteiger partial charge in [-0.05, 0) is 72.8 Å². The number of alkyl halides is 9. The summed E-state index contributed by atoms with van der Waals surface area (Å²) in [5.41, 5.74) is -3.21. The van der Waals surface area contributed by atoms with Gasteiger partial charge in [-0.25, -0.2) is 5.12 Å². The lowest BCUT2D eigenvalue weighted by Gasteiger charge is -2.42. The standard InChI is InChI=1S/C30H37F10N7O/c1-4-25(45-10-8-27(48,9-11-45)18-41-5-2)24-7-6-21(28(31,32)33)14-20(24)17-46(26-42-44(3)43-47(26)40)16-19-12-22(29(34,35)36)15-23(13-19)30(37,38)39/h6-7,12-15,25,41,43,48H,4-5,8-11,16-18H2,1-3H3. The fraction of sp³-hybridized carbons (Fsp3) is 0.567. The van der Waals surface area contributed by atoms with Crippen LogP contribution in [0.25, 0.3) is 0 Å². The summed E-state index contributed by atoms with van der Waals surface area (Å²) in [5.74, 6) is -0.605. The number of hydrogen-bond donors (Lipinski definition) is 3. The van der Waals surface area contributed by atoms with Gasteiger partial charge in [0.2, 0.25) is 0 Å². The fourth-order valence-electron chi connectivity index (χ4n) is 5.99. The molecular weight excluding hydrogens is 664 g/mol. The van der Waals surface area contributed by atoms with Crippen LogP contribution in [0.15, 0.2) is 41.5 Å². The molecule has 2 heterocycles. The summed E-state index contributed by atoms with van der Waals surface area (Å²) >= 11 is 0. The van der Waals surface area contributed by atoms with Crippen molar-refractivity contribution in [3.05, 3.63) is 69.8 Å². The summed E-state index contributed by atoms with van der Waals surface area (Å²) in [4.78, 5) is 2.96. The molecule has 0 amide bonds. The van der Waals surface area contributed by atoms with Gasteiger partial charge in [0.25, 0.3) is 5.96 Å². The molecule has 0 radical (unpaired) electrons. The number of rotatable bonds is 10. The first-order chi connectivity index (χ1) is 22.2. The van der Waals surface area contributed by atoms with Crippen molar-refractivity contribution in [3.8, 4) is 0 Å². The van der Waals surface area contributed by atoms with Crippen LogP contribution in [0.2, 0.25) is 0 Å². The van der Waals surface area contributed by atoms with E-state index in [1.54, 1.807) is 0 Å². The van der Waals surface area contributed by atoms with Gasteiger partial charge in [-0.15, -0.1) is 5.10 Å². The fourth-order valence-corrected chi connectivity index (χ4v) is 5.99. The Kier molecular flexibility index (Phi) is 11.1. The predicted molar refractivity (Wildman–Crippen MR) is 156 cm³/mol. The van der Waals surface area contributed by atoms with Crippen LogP contribution in [0.5, 0.6) is 0 Å². The van der Waals surface area contributed by atoms with Crippen LogP contribution < -0.4 is 10.9 Å². The van der Waals surface area contributed by atoms with E-state index in [0.29, 0.717) is 63.1 Å². The number of hydrazone groups is 1. The van der Waals surface area contributed by atoms with E-state index in [2.05, 4.69) is 16.0 Å². The summed E-state index contributed by atoms with van der Waals surface area (Å²) in [6, 6.07) is 3.44. The van der Waals surface area contributed by atoms with Gasteiger partial charge in [-0.3, -0.25) is 4.90 Å². The Bertz CT molecular complexity index is 1410. The van der Waals surface area contributed by atoms with Crippen molar-refractivity contribution in [1.29, 1.82) is 0 Å². The van der Waals surface area contributed by atoms with E-state index in [4.69, 9.17) is 0 Å². The molecule has 0 aliphatic carbocycles. The number of nitrogens with zero attached hydrogens (tertiary/aromatic N) is 5. The number of halogens is 10. The van der Waals surface area contributed by atoms with Gasteiger partial charge in [0.05, 0.1) is 22.3 Å². The van der Waals surface area contributed by atoms with Gasteiger partial charge < -0.3 is 15.3 Å². The second-order valence-electron chi connectivity index (χ2n) is 12.0. The maximum Gasteiger partial charge on any atom is 0.416 e. The predicted octanol–water partition coefficient (Wildman–Crippen LogP) is 6.46. The molecule has 2 aliphatic rings. The Labute approximate surface area is 270 Å². The van der Waals surface area contributed by atoms with Gasteiger partial charge in [0, 0.05) is 45.8 Å². The Morgan fingerprint density at radius 2 is 1.48 bits per heavy atom. The Morgan fingerprint density at radius 1 is 0.896 bits per heavy atom. The summed E-state index contributed by atoms with van der Waals surface area (Å²) in [6.45, 7) is 4.17. The van der Waals surface area contributed by atoms with Gasteiger partial charge >= 0.3 is 18.5 Å². The third-order valence-corrected chi connectivity index (χ3v) is 8.40. The molecule has 8 nitrogen and oxygen atoms in total. The molecule has 1 atom stereocenters. The molecule has 0 bridgehead atoms. The molecule has 48 heavy (non-hydrogen) atoms. The van der Waals surface area contributed by atoms with Gasteiger partial charge in [-0.2, -0.15) is 39.5 Å². The zero-order valence-corrected chi connectivity index (χ0v) is 26.4. The lowest BCUT2D eigenvalue weighted by atomic mass is 9.88. The normalized spacial score (nSPS) is 18.3. The third kappa shape index (κ3) is 9.00. The molecule has 0 spiro atoms. The number of likely N-dealkylation sites (tertiary alicyclic amines) is 1. The second-order valence-corrected chi connectivity index (χ2v) is 12.0. The molecule has 0 saturated carbocycles. The molecule has 1 fully saturated rings. The topological polar surface area (TPSA) is 69.6 Å². The van der Waals surface area contributed by atoms with E-state index < -0.39 is 71.5 Å². The van der Waals surface area contributed by atoms with Gasteiger partial charge in [0.15, 0.2) is 0 Å². The van der Waals surface area contributed by atoms with E-state index >= 15 is 4.48 Å². The minimum absolute atomic E-state index is 0.0128. The van der Waals surface area contributed by atoms with Crippen molar-refractivity contribution in [2.24, 2.45) is 5.10 Å². The van der Waals surface area contributed by atoms with E-state index in [-0.39, 0.29) is 16.9 Å². The number of piperidine rings is 1. The second kappa shape index (κ2) is 14.2. The lowest BCUT2D eigenvalue weighted by molar-refractivity contribution is -0.143. The zero-order valence-electron chi connectivity index (χ0n) is 26.4. The minimum Gasteiger partial charge on any atom is -0.388 e. The van der Waals surface area contributed by atoms with Crippen molar-refractivity contribution >= 4 is 5.96 Å². The number of benzene rings is 2. The number of guanidine groups is 1. The molecular formula is C30H37F10N7O. The van der Waals surface area contributed by atoms with E-state index in [1.165, 1.54) is 13.1 Å². The molecule has 268 valence electrons. The van der Waals surface area contributed by atoms with Crippen molar-refractivity contribution in [3.63, 3.8) is 0 Å². The maximum absolute atomic E-state index is 15.0. The van der Waals surface area contributed by atoms with Gasteiger partial charge in [-0.1, -0.05) is 35.2 Å². The number of hydrogen-bond acceptors (Lipinski definition) is 8. The maximum atomic E-state index is 15.0. The quantitative estimate of drug-likeness (QED) is 0.194. The first-order valence-electron chi connectivity index (χ1n) is 15.2. The number of aliphatic hydroxyl groups is 1. The first-order valence-corrected chi connectivity index (χ1v) is 15.2. The highest BCUT2D eigenvalue weighted by molar-refractivity contribution is 5.79. The van der Waals surface area contributed by atoms with Crippen LogP contribution in [0.3, 0.4) is 0 Å². The lowest BCUT2D eigenvalue weighted by Crippen LogP contribution is -2.50. The summed E-state index contributed by atoms with van der Waals surface area (Å²) in [6.07, 6.45) is -13.9. The molecule has 2 aromatic rings. The highest BCUT2D eigenvalue weighted by Gasteiger charge is 2.39.